The lowest BCUT2D eigenvalue weighted by Gasteiger charge is -2.26. The minimum Gasteiger partial charge on any atom is -0.370 e. The van der Waals surface area contributed by atoms with Crippen molar-refractivity contribution in [3.63, 3.8) is 0 Å². The van der Waals surface area contributed by atoms with E-state index in [2.05, 4.69) is 15.5 Å². The highest BCUT2D eigenvalue weighted by molar-refractivity contribution is 5.85. The molecule has 0 saturated carbocycles. The number of aryl methyl sites for hydroxylation is 1. The number of aromatic nitrogens is 2. The van der Waals surface area contributed by atoms with Crippen LogP contribution in [0.15, 0.2) is 36.4 Å². The van der Waals surface area contributed by atoms with E-state index in [1.165, 1.54) is 0 Å². The third kappa shape index (κ3) is 4.43. The molecule has 0 spiro atoms. The average Bonchev–Trinajstić information content (AvgIpc) is 2.59. The van der Waals surface area contributed by atoms with E-state index in [9.17, 15) is 4.79 Å². The van der Waals surface area contributed by atoms with Gasteiger partial charge in [0.15, 0.2) is 5.82 Å². The highest BCUT2D eigenvalue weighted by Gasteiger charge is 2.17. The maximum atomic E-state index is 11.7. The molecular formula is C17H21ClN4O2. The minimum atomic E-state index is 0. The number of amides is 1. The molecule has 1 saturated heterocycles. The highest BCUT2D eigenvalue weighted by atomic mass is 35.5. The molecule has 0 atom stereocenters. The molecule has 6 nitrogen and oxygen atoms in total. The molecule has 1 aliphatic rings. The number of halogens is 1. The number of ether oxygens (including phenoxy) is 1. The van der Waals surface area contributed by atoms with Gasteiger partial charge in [-0.3, -0.25) is 4.79 Å². The van der Waals surface area contributed by atoms with Gasteiger partial charge in [-0.25, -0.2) is 0 Å². The molecule has 1 fully saturated rings. The van der Waals surface area contributed by atoms with Gasteiger partial charge in [-0.2, -0.15) is 0 Å². The summed E-state index contributed by atoms with van der Waals surface area (Å²) in [6, 6.07) is 12.0. The maximum absolute atomic E-state index is 11.7. The minimum absolute atomic E-state index is 0. The van der Waals surface area contributed by atoms with E-state index in [1.807, 2.05) is 43.3 Å². The molecule has 128 valence electrons. The Morgan fingerprint density at radius 1 is 1.25 bits per heavy atom. The molecule has 1 aliphatic heterocycles. The van der Waals surface area contributed by atoms with Gasteiger partial charge in [0.2, 0.25) is 5.91 Å². The van der Waals surface area contributed by atoms with Crippen molar-refractivity contribution >= 4 is 24.1 Å². The second-order valence-corrected chi connectivity index (χ2v) is 5.49. The number of hydrogen-bond acceptors (Lipinski definition) is 5. The Bertz CT molecular complexity index is 682. The van der Waals surface area contributed by atoms with Crippen LogP contribution in [0, 0.1) is 6.92 Å². The van der Waals surface area contributed by atoms with Crippen LogP contribution in [0.3, 0.4) is 0 Å². The van der Waals surface area contributed by atoms with Crippen LogP contribution in [0.4, 0.5) is 5.82 Å². The summed E-state index contributed by atoms with van der Waals surface area (Å²) in [7, 11) is 0. The summed E-state index contributed by atoms with van der Waals surface area (Å²) in [5, 5.41) is 11.8. The van der Waals surface area contributed by atoms with Crippen molar-refractivity contribution < 1.29 is 9.53 Å². The average molecular weight is 349 g/mol. The maximum Gasteiger partial charge on any atom is 0.248 e. The summed E-state index contributed by atoms with van der Waals surface area (Å²) in [6.45, 7) is 4.73. The number of carbonyl (C=O) groups excluding carboxylic acids is 1. The Labute approximate surface area is 147 Å². The molecule has 0 unspecified atom stereocenters. The number of nitrogens with zero attached hydrogens (tertiary/aromatic N) is 3. The first-order chi connectivity index (χ1) is 11.2. The Kier molecular flexibility index (Phi) is 6.52. The highest BCUT2D eigenvalue weighted by Crippen LogP contribution is 2.19. The number of rotatable bonds is 5. The van der Waals surface area contributed by atoms with E-state index < -0.39 is 0 Å². The number of hydrogen-bond donors (Lipinski definition) is 1. The Morgan fingerprint density at radius 3 is 2.75 bits per heavy atom. The van der Waals surface area contributed by atoms with Crippen molar-refractivity contribution in [1.82, 2.24) is 15.1 Å². The van der Waals surface area contributed by atoms with E-state index in [0.717, 1.165) is 22.6 Å². The summed E-state index contributed by atoms with van der Waals surface area (Å²) in [4.78, 5) is 13.5. The third-order valence-corrected chi connectivity index (χ3v) is 3.81. The largest absolute Gasteiger partial charge is 0.370 e. The lowest BCUT2D eigenvalue weighted by atomic mass is 10.1. The van der Waals surface area contributed by atoms with E-state index in [-0.39, 0.29) is 24.9 Å². The number of benzene rings is 1. The molecule has 7 heteroatoms. The van der Waals surface area contributed by atoms with Crippen LogP contribution in [0.25, 0.3) is 11.3 Å². The van der Waals surface area contributed by atoms with Crippen LogP contribution in [-0.4, -0.2) is 53.9 Å². The lowest BCUT2D eigenvalue weighted by Crippen LogP contribution is -2.43. The Balaban J connectivity index is 0.00000208. The van der Waals surface area contributed by atoms with E-state index in [1.54, 1.807) is 4.90 Å². The molecule has 1 aromatic carbocycles. The molecule has 24 heavy (non-hydrogen) atoms. The molecule has 0 bridgehead atoms. The molecule has 2 heterocycles. The monoisotopic (exact) mass is 348 g/mol. The van der Waals surface area contributed by atoms with Crippen molar-refractivity contribution in [3.05, 3.63) is 42.0 Å². The third-order valence-electron chi connectivity index (χ3n) is 3.81. The summed E-state index contributed by atoms with van der Waals surface area (Å²) in [6.07, 6.45) is 0. The van der Waals surface area contributed by atoms with Gasteiger partial charge in [-0.15, -0.1) is 22.6 Å². The van der Waals surface area contributed by atoms with Crippen molar-refractivity contribution in [2.24, 2.45) is 0 Å². The topological polar surface area (TPSA) is 67.3 Å². The van der Waals surface area contributed by atoms with Gasteiger partial charge in [0.25, 0.3) is 0 Å². The van der Waals surface area contributed by atoms with Crippen LogP contribution in [0.1, 0.15) is 5.56 Å². The van der Waals surface area contributed by atoms with Gasteiger partial charge < -0.3 is 15.0 Å². The summed E-state index contributed by atoms with van der Waals surface area (Å²) < 4.78 is 5.12. The zero-order valence-corrected chi connectivity index (χ0v) is 14.4. The van der Waals surface area contributed by atoms with E-state index in [4.69, 9.17) is 4.74 Å². The van der Waals surface area contributed by atoms with Crippen molar-refractivity contribution in [1.29, 1.82) is 0 Å². The van der Waals surface area contributed by atoms with Crippen molar-refractivity contribution in [3.8, 4) is 11.3 Å². The van der Waals surface area contributed by atoms with Crippen LogP contribution in [0.5, 0.6) is 0 Å². The zero-order chi connectivity index (χ0) is 16.1. The second kappa shape index (κ2) is 8.61. The van der Waals surface area contributed by atoms with Gasteiger partial charge in [-0.1, -0.05) is 30.3 Å². The molecule has 1 N–H and O–H groups in total. The molecule has 0 aliphatic carbocycles. The zero-order valence-electron chi connectivity index (χ0n) is 13.6. The number of carbonyl (C=O) groups is 1. The van der Waals surface area contributed by atoms with Crippen LogP contribution < -0.4 is 5.32 Å². The standard InChI is InChI=1S/C17H20N4O2.ClH/c1-13-11-15(14-5-3-2-4-6-14)19-20-17(13)18-7-8-21-9-10-23-12-16(21)22;/h2-6,11H,7-10,12H2,1H3,(H,18,20);1H. The van der Waals surface area contributed by atoms with Crippen molar-refractivity contribution in [2.75, 3.05) is 38.2 Å². The summed E-state index contributed by atoms with van der Waals surface area (Å²) in [5.41, 5.74) is 2.94. The molecule has 2 aromatic rings. The number of morpholine rings is 1. The van der Waals surface area contributed by atoms with Gasteiger partial charge >= 0.3 is 0 Å². The normalized spacial score (nSPS) is 14.2. The fraction of sp³-hybridized carbons (Fsp3) is 0.353. The Hall–Kier alpha value is -2.18. The molecule has 1 aromatic heterocycles. The van der Waals surface area contributed by atoms with E-state index in [0.29, 0.717) is 26.2 Å². The fourth-order valence-electron chi connectivity index (χ4n) is 2.51. The summed E-state index contributed by atoms with van der Waals surface area (Å²) in [5.74, 6) is 0.797. The van der Waals surface area contributed by atoms with Crippen LogP contribution in [-0.2, 0) is 9.53 Å². The molecular weight excluding hydrogens is 328 g/mol. The predicted octanol–water partition coefficient (Wildman–Crippen LogP) is 2.14. The van der Waals surface area contributed by atoms with Crippen LogP contribution >= 0.6 is 12.4 Å². The smallest absolute Gasteiger partial charge is 0.248 e. The molecule has 1 amide bonds. The first kappa shape index (κ1) is 18.2. The first-order valence-corrected chi connectivity index (χ1v) is 7.73. The van der Waals surface area contributed by atoms with Gasteiger partial charge in [0, 0.05) is 25.2 Å². The second-order valence-electron chi connectivity index (χ2n) is 5.49. The predicted molar refractivity (Wildman–Crippen MR) is 95.3 cm³/mol. The first-order valence-electron chi connectivity index (χ1n) is 7.73. The lowest BCUT2D eigenvalue weighted by molar-refractivity contribution is -0.142. The van der Waals surface area contributed by atoms with Gasteiger partial charge in [0.1, 0.15) is 6.61 Å². The Morgan fingerprint density at radius 2 is 2.04 bits per heavy atom. The van der Waals surface area contributed by atoms with Gasteiger partial charge in [0.05, 0.1) is 12.3 Å². The number of nitrogens with one attached hydrogen (secondary N) is 1. The molecule has 3 rings (SSSR count). The van der Waals surface area contributed by atoms with E-state index >= 15 is 0 Å². The van der Waals surface area contributed by atoms with Crippen LogP contribution in [0.2, 0.25) is 0 Å². The fourth-order valence-corrected chi connectivity index (χ4v) is 2.51. The summed E-state index contributed by atoms with van der Waals surface area (Å²) >= 11 is 0. The quantitative estimate of drug-likeness (QED) is 0.896. The number of anilines is 1. The van der Waals surface area contributed by atoms with Gasteiger partial charge in [-0.05, 0) is 18.6 Å². The molecule has 0 radical (unpaired) electrons. The van der Waals surface area contributed by atoms with Crippen molar-refractivity contribution in [2.45, 2.75) is 6.92 Å². The SMILES string of the molecule is Cc1cc(-c2ccccc2)nnc1NCCN1CCOCC1=O.Cl.